The molecular weight excluding hydrogens is 368 g/mol. The maximum Gasteiger partial charge on any atom is 0.294 e. The molecule has 0 saturated carbocycles. The first-order valence-electron chi connectivity index (χ1n) is 8.00. The fraction of sp³-hybridized carbons (Fsp3) is 0.0526. The van der Waals surface area contributed by atoms with E-state index >= 15 is 0 Å². The van der Waals surface area contributed by atoms with Gasteiger partial charge in [0.15, 0.2) is 0 Å². The summed E-state index contributed by atoms with van der Waals surface area (Å²) in [4.78, 5) is 26.5. The Balaban J connectivity index is 1.88. The van der Waals surface area contributed by atoms with Gasteiger partial charge in [-0.3, -0.25) is 19.0 Å². The highest BCUT2D eigenvalue weighted by molar-refractivity contribution is 7.85. The number of rotatable bonds is 3. The van der Waals surface area contributed by atoms with E-state index in [2.05, 4.69) is 0 Å². The second-order valence-electron chi connectivity index (χ2n) is 6.29. The van der Waals surface area contributed by atoms with E-state index in [1.165, 1.54) is 6.07 Å². The number of hydrogen-bond acceptors (Lipinski definition) is 5. The van der Waals surface area contributed by atoms with Crippen LogP contribution in [-0.4, -0.2) is 29.7 Å². The number of carbonyl (C=O) groups is 2. The van der Waals surface area contributed by atoms with Crippen molar-refractivity contribution < 1.29 is 22.6 Å². The van der Waals surface area contributed by atoms with Crippen molar-refractivity contribution >= 4 is 38.4 Å². The summed E-state index contributed by atoms with van der Waals surface area (Å²) in [5, 5.41) is 0.778. The molecule has 27 heavy (non-hydrogen) atoms. The number of hydrogen-bond donors (Lipinski definition) is 2. The van der Waals surface area contributed by atoms with Crippen molar-refractivity contribution in [3.05, 3.63) is 71.3 Å². The second kappa shape index (κ2) is 5.90. The summed E-state index contributed by atoms with van der Waals surface area (Å²) in [6, 6.07) is 13.9. The van der Waals surface area contributed by atoms with Crippen molar-refractivity contribution in [1.29, 1.82) is 0 Å². The third kappa shape index (κ3) is 2.84. The first kappa shape index (κ1) is 17.2. The smallest absolute Gasteiger partial charge is 0.294 e. The molecule has 4 rings (SSSR count). The van der Waals surface area contributed by atoms with E-state index in [-0.39, 0.29) is 12.1 Å². The van der Waals surface area contributed by atoms with Crippen LogP contribution in [0.1, 0.15) is 26.3 Å². The zero-order chi connectivity index (χ0) is 19.3. The third-order valence-corrected chi connectivity index (χ3v) is 5.35. The third-order valence-electron chi connectivity index (χ3n) is 4.52. The molecule has 0 radical (unpaired) electrons. The monoisotopic (exact) mass is 382 g/mol. The SMILES string of the molecule is Nc1ccc(CN2C(=O)c3cccc4cc(S(=O)(=O)O)cc(c34)C2=O)cc1. The summed E-state index contributed by atoms with van der Waals surface area (Å²) in [6.07, 6.45) is 0. The van der Waals surface area contributed by atoms with Crippen molar-refractivity contribution in [3.63, 3.8) is 0 Å². The van der Waals surface area contributed by atoms with Crippen LogP contribution in [-0.2, 0) is 16.7 Å². The van der Waals surface area contributed by atoms with Gasteiger partial charge in [0.1, 0.15) is 0 Å². The van der Waals surface area contributed by atoms with Gasteiger partial charge in [-0.15, -0.1) is 0 Å². The molecule has 0 atom stereocenters. The predicted octanol–water partition coefficient (Wildman–Crippen LogP) is 2.46. The zero-order valence-electron chi connectivity index (χ0n) is 13.9. The largest absolute Gasteiger partial charge is 0.399 e. The van der Waals surface area contributed by atoms with E-state index in [4.69, 9.17) is 5.73 Å². The van der Waals surface area contributed by atoms with Gasteiger partial charge in [-0.1, -0.05) is 24.3 Å². The van der Waals surface area contributed by atoms with Crippen molar-refractivity contribution in [2.24, 2.45) is 0 Å². The minimum absolute atomic E-state index is 0.0177. The quantitative estimate of drug-likeness (QED) is 0.408. The summed E-state index contributed by atoms with van der Waals surface area (Å²) in [5.41, 5.74) is 7.28. The molecule has 136 valence electrons. The van der Waals surface area contributed by atoms with Gasteiger partial charge in [0.05, 0.1) is 17.0 Å². The Morgan fingerprint density at radius 2 is 1.59 bits per heavy atom. The minimum Gasteiger partial charge on any atom is -0.399 e. The van der Waals surface area contributed by atoms with Crippen LogP contribution in [0.3, 0.4) is 0 Å². The van der Waals surface area contributed by atoms with Gasteiger partial charge in [0.2, 0.25) is 0 Å². The van der Waals surface area contributed by atoms with Crippen molar-refractivity contribution in [3.8, 4) is 0 Å². The molecule has 3 N–H and O–H groups in total. The van der Waals surface area contributed by atoms with Crippen molar-refractivity contribution in [1.82, 2.24) is 4.90 Å². The van der Waals surface area contributed by atoms with Gasteiger partial charge in [-0.25, -0.2) is 0 Å². The van der Waals surface area contributed by atoms with Crippen LogP contribution in [0.5, 0.6) is 0 Å². The molecule has 1 heterocycles. The molecule has 0 saturated heterocycles. The van der Waals surface area contributed by atoms with Gasteiger partial charge in [-0.2, -0.15) is 8.42 Å². The molecule has 7 nitrogen and oxygen atoms in total. The standard InChI is InChI=1S/C19H14N2O5S/c20-13-6-4-11(5-7-13)10-21-18(22)15-3-1-2-12-8-14(27(24,25)26)9-16(17(12)15)19(21)23/h1-9H,10,20H2,(H,24,25,26). The molecule has 8 heteroatoms. The van der Waals surface area contributed by atoms with E-state index in [0.717, 1.165) is 11.0 Å². The molecule has 3 aromatic rings. The lowest BCUT2D eigenvalue weighted by atomic mass is 9.94. The van der Waals surface area contributed by atoms with E-state index in [0.29, 0.717) is 27.6 Å². The summed E-state index contributed by atoms with van der Waals surface area (Å²) < 4.78 is 32.5. The van der Waals surface area contributed by atoms with Gasteiger partial charge in [0, 0.05) is 16.6 Å². The molecule has 0 fully saturated rings. The van der Waals surface area contributed by atoms with E-state index < -0.39 is 26.8 Å². The number of amides is 2. The summed E-state index contributed by atoms with van der Waals surface area (Å²) in [7, 11) is -4.50. The number of benzene rings is 3. The average molecular weight is 382 g/mol. The lowest BCUT2D eigenvalue weighted by Gasteiger charge is -2.27. The Bertz CT molecular complexity index is 1220. The summed E-state index contributed by atoms with van der Waals surface area (Å²) >= 11 is 0. The van der Waals surface area contributed by atoms with Gasteiger partial charge in [-0.05, 0) is 41.3 Å². The van der Waals surface area contributed by atoms with Gasteiger partial charge < -0.3 is 5.73 Å². The van der Waals surface area contributed by atoms with Crippen LogP contribution in [0.15, 0.2) is 59.5 Å². The van der Waals surface area contributed by atoms with Crippen LogP contribution in [0.4, 0.5) is 5.69 Å². The molecule has 0 spiro atoms. The Labute approximate surface area is 154 Å². The number of imide groups is 1. The fourth-order valence-electron chi connectivity index (χ4n) is 3.23. The number of nitrogens with zero attached hydrogens (tertiary/aromatic N) is 1. The normalized spacial score (nSPS) is 14.0. The van der Waals surface area contributed by atoms with Gasteiger partial charge >= 0.3 is 0 Å². The highest BCUT2D eigenvalue weighted by atomic mass is 32.2. The molecule has 1 aliphatic rings. The first-order chi connectivity index (χ1) is 12.8. The van der Waals surface area contributed by atoms with E-state index in [1.807, 2.05) is 0 Å². The molecule has 0 bridgehead atoms. The average Bonchev–Trinajstić information content (AvgIpc) is 2.63. The van der Waals surface area contributed by atoms with Crippen molar-refractivity contribution in [2.75, 3.05) is 5.73 Å². The Morgan fingerprint density at radius 3 is 2.26 bits per heavy atom. The van der Waals surface area contributed by atoms with Crippen LogP contribution in [0.2, 0.25) is 0 Å². The highest BCUT2D eigenvalue weighted by Gasteiger charge is 2.34. The lowest BCUT2D eigenvalue weighted by molar-refractivity contribution is 0.0598. The fourth-order valence-corrected chi connectivity index (χ4v) is 3.77. The zero-order valence-corrected chi connectivity index (χ0v) is 14.7. The molecule has 0 aliphatic carbocycles. The van der Waals surface area contributed by atoms with E-state index in [9.17, 15) is 22.6 Å². The molecular formula is C19H14N2O5S. The van der Waals surface area contributed by atoms with Crippen LogP contribution < -0.4 is 5.73 Å². The summed E-state index contributed by atoms with van der Waals surface area (Å²) in [5.74, 6) is -1.08. The molecule has 0 unspecified atom stereocenters. The first-order valence-corrected chi connectivity index (χ1v) is 9.44. The van der Waals surface area contributed by atoms with Crippen LogP contribution >= 0.6 is 0 Å². The number of nitrogens with two attached hydrogens (primary N) is 1. The molecule has 2 amide bonds. The Kier molecular flexibility index (Phi) is 3.76. The predicted molar refractivity (Wildman–Crippen MR) is 98.8 cm³/mol. The maximum absolute atomic E-state index is 13.0. The lowest BCUT2D eigenvalue weighted by Crippen LogP contribution is -2.39. The molecule has 3 aromatic carbocycles. The number of anilines is 1. The number of carbonyl (C=O) groups excluding carboxylic acids is 2. The molecule has 0 aromatic heterocycles. The van der Waals surface area contributed by atoms with Crippen molar-refractivity contribution in [2.45, 2.75) is 11.4 Å². The number of nitrogen functional groups attached to an aromatic ring is 1. The second-order valence-corrected chi connectivity index (χ2v) is 7.71. The van der Waals surface area contributed by atoms with Gasteiger partial charge in [0.25, 0.3) is 21.9 Å². The van der Waals surface area contributed by atoms with E-state index in [1.54, 1.807) is 42.5 Å². The summed E-state index contributed by atoms with van der Waals surface area (Å²) in [6.45, 7) is 0.0177. The Hall–Kier alpha value is -3.23. The van der Waals surface area contributed by atoms with Crippen LogP contribution in [0.25, 0.3) is 10.8 Å². The molecule has 1 aliphatic heterocycles. The minimum atomic E-state index is -4.50. The highest BCUT2D eigenvalue weighted by Crippen LogP contribution is 2.33. The topological polar surface area (TPSA) is 118 Å². The van der Waals surface area contributed by atoms with Crippen LogP contribution in [0, 0.1) is 0 Å². The Morgan fingerprint density at radius 1 is 0.926 bits per heavy atom. The maximum atomic E-state index is 13.0.